The Morgan fingerprint density at radius 3 is 3.21 bits per heavy atom. The third-order valence-electron chi connectivity index (χ3n) is 1.76. The molecule has 1 aromatic heterocycles. The van der Waals surface area contributed by atoms with Gasteiger partial charge in [-0.05, 0) is 6.07 Å². The molecule has 1 aliphatic heterocycles. The molecule has 0 aromatic carbocycles. The number of ether oxygens (including phenoxy) is 1. The highest BCUT2D eigenvalue weighted by atomic mass is 33.1. The molecule has 0 fully saturated rings. The van der Waals surface area contributed by atoms with Gasteiger partial charge in [0.1, 0.15) is 5.56 Å². The molecule has 0 saturated heterocycles. The van der Waals surface area contributed by atoms with Crippen LogP contribution in [-0.2, 0) is 0 Å². The molecule has 0 aliphatic carbocycles. The fourth-order valence-corrected chi connectivity index (χ4v) is 1.67. The van der Waals surface area contributed by atoms with Gasteiger partial charge < -0.3 is 9.55 Å². The van der Waals surface area contributed by atoms with Crippen molar-refractivity contribution < 1.29 is 9.53 Å². The van der Waals surface area contributed by atoms with Crippen LogP contribution < -0.4 is 4.74 Å². The molecule has 1 amide bonds. The zero-order valence-electron chi connectivity index (χ0n) is 7.01. The number of amides is 1. The van der Waals surface area contributed by atoms with Crippen LogP contribution >= 0.6 is 22.5 Å². The fraction of sp³-hybridized carbons (Fsp3) is 0.143. The molecule has 0 unspecified atom stereocenters. The topological polar surface area (TPSA) is 42.4 Å². The predicted molar refractivity (Wildman–Crippen MR) is 56.5 cm³/mol. The van der Waals surface area contributed by atoms with Gasteiger partial charge in [-0.3, -0.25) is 4.79 Å². The molecule has 0 spiro atoms. The molecule has 0 N–H and O–H groups in total. The quantitative estimate of drug-likeness (QED) is 0.437. The highest BCUT2D eigenvalue weighted by Gasteiger charge is 2.23. The van der Waals surface area contributed by atoms with Gasteiger partial charge in [0.05, 0.1) is 0 Å². The first-order chi connectivity index (χ1) is 6.72. The van der Waals surface area contributed by atoms with Crippen LogP contribution in [0.2, 0.25) is 0 Å². The first-order valence-electron chi connectivity index (χ1n) is 3.73. The Morgan fingerprint density at radius 1 is 1.71 bits per heavy atom. The predicted octanol–water partition coefficient (Wildman–Crippen LogP) is 0.894. The Labute approximate surface area is 91.3 Å². The maximum atomic E-state index is 11.5. The smallest absolute Gasteiger partial charge is 0.249 e. The standard InChI is InChI=1S/C7H5BN2O2S2/c8-10-3-12-6-5(7(10)11)1-4(14-13)2-9-6/h1-2,13H,3H2. The molecule has 4 nitrogen and oxygen atoms in total. The van der Waals surface area contributed by atoms with Crippen molar-refractivity contribution in [1.82, 2.24) is 9.79 Å². The number of hydrogen-bond donors (Lipinski definition) is 1. The summed E-state index contributed by atoms with van der Waals surface area (Å²) < 4.78 is 5.14. The van der Waals surface area contributed by atoms with Crippen molar-refractivity contribution in [3.05, 3.63) is 17.8 Å². The van der Waals surface area contributed by atoms with Gasteiger partial charge in [0.15, 0.2) is 6.73 Å². The fourth-order valence-electron chi connectivity index (χ4n) is 1.10. The van der Waals surface area contributed by atoms with Crippen molar-refractivity contribution in [3.8, 4) is 5.88 Å². The van der Waals surface area contributed by atoms with E-state index >= 15 is 0 Å². The second-order valence-electron chi connectivity index (χ2n) is 2.66. The van der Waals surface area contributed by atoms with Gasteiger partial charge >= 0.3 is 0 Å². The van der Waals surface area contributed by atoms with Crippen LogP contribution in [0, 0.1) is 0 Å². The monoisotopic (exact) mass is 224 g/mol. The molecule has 2 rings (SSSR count). The molecular formula is C7H5BN2O2S2. The van der Waals surface area contributed by atoms with E-state index in [4.69, 9.17) is 12.7 Å². The van der Waals surface area contributed by atoms with E-state index in [1.807, 2.05) is 0 Å². The molecule has 0 atom stereocenters. The third-order valence-corrected chi connectivity index (χ3v) is 2.83. The highest BCUT2D eigenvalue weighted by molar-refractivity contribution is 8.68. The van der Waals surface area contributed by atoms with Gasteiger partial charge in [0, 0.05) is 11.1 Å². The Bertz CT molecular complexity index is 388. The second kappa shape index (κ2) is 3.74. The number of thiol groups is 1. The minimum atomic E-state index is -0.289. The average Bonchev–Trinajstić information content (AvgIpc) is 2.23. The summed E-state index contributed by atoms with van der Waals surface area (Å²) in [7, 11) is 6.60. The number of carbonyl (C=O) groups is 1. The zero-order valence-corrected chi connectivity index (χ0v) is 8.72. The Hall–Kier alpha value is -0.815. The van der Waals surface area contributed by atoms with Crippen molar-refractivity contribution in [3.63, 3.8) is 0 Å². The van der Waals surface area contributed by atoms with Crippen molar-refractivity contribution in [2.45, 2.75) is 4.90 Å². The number of pyridine rings is 1. The number of carbonyl (C=O) groups excluding carboxylic acids is 1. The van der Waals surface area contributed by atoms with Gasteiger partial charge in [-0.15, -0.1) is 11.7 Å². The van der Waals surface area contributed by atoms with Gasteiger partial charge in [-0.1, -0.05) is 10.8 Å². The number of rotatable bonds is 1. The third kappa shape index (κ3) is 1.57. The average molecular weight is 224 g/mol. The van der Waals surface area contributed by atoms with E-state index in [9.17, 15) is 4.79 Å². The van der Waals surface area contributed by atoms with Crippen LogP contribution in [0.1, 0.15) is 10.4 Å². The van der Waals surface area contributed by atoms with Crippen LogP contribution in [0.15, 0.2) is 17.2 Å². The van der Waals surface area contributed by atoms with E-state index < -0.39 is 0 Å². The van der Waals surface area contributed by atoms with E-state index in [0.29, 0.717) is 11.4 Å². The van der Waals surface area contributed by atoms with Crippen LogP contribution in [-0.4, -0.2) is 30.4 Å². The van der Waals surface area contributed by atoms with Gasteiger partial charge in [0.25, 0.3) is 0 Å². The molecule has 7 heteroatoms. The van der Waals surface area contributed by atoms with Gasteiger partial charge in [-0.25, -0.2) is 4.98 Å². The van der Waals surface area contributed by atoms with Gasteiger partial charge in [0.2, 0.25) is 19.8 Å². The zero-order chi connectivity index (χ0) is 10.1. The molecule has 2 radical (unpaired) electrons. The van der Waals surface area contributed by atoms with Gasteiger partial charge in [-0.2, -0.15) is 0 Å². The largest absolute Gasteiger partial charge is 0.457 e. The Kier molecular flexibility index (Phi) is 2.60. The van der Waals surface area contributed by atoms with Crippen molar-refractivity contribution in [1.29, 1.82) is 0 Å². The summed E-state index contributed by atoms with van der Waals surface area (Å²) in [6.07, 6.45) is 1.59. The van der Waals surface area contributed by atoms with Crippen molar-refractivity contribution in [2.75, 3.05) is 6.73 Å². The summed E-state index contributed by atoms with van der Waals surface area (Å²) >= 11 is 4.01. The summed E-state index contributed by atoms with van der Waals surface area (Å²) in [4.78, 5) is 17.3. The van der Waals surface area contributed by atoms with Crippen LogP contribution in [0.25, 0.3) is 0 Å². The lowest BCUT2D eigenvalue weighted by Crippen LogP contribution is -2.36. The minimum Gasteiger partial charge on any atom is -0.457 e. The van der Waals surface area contributed by atoms with Crippen LogP contribution in [0.5, 0.6) is 5.88 Å². The van der Waals surface area contributed by atoms with E-state index in [1.54, 1.807) is 12.3 Å². The normalized spacial score (nSPS) is 14.9. The molecule has 70 valence electrons. The Balaban J connectivity index is 2.46. The lowest BCUT2D eigenvalue weighted by atomic mass is 10.2. The second-order valence-corrected chi connectivity index (χ2v) is 3.87. The van der Waals surface area contributed by atoms with Crippen LogP contribution in [0.3, 0.4) is 0 Å². The number of hydrogen-bond acceptors (Lipinski definition) is 5. The van der Waals surface area contributed by atoms with E-state index in [1.165, 1.54) is 10.8 Å². The summed E-state index contributed by atoms with van der Waals surface area (Å²) in [5.74, 6) is 0.0332. The van der Waals surface area contributed by atoms with Crippen molar-refractivity contribution in [2.24, 2.45) is 0 Å². The highest BCUT2D eigenvalue weighted by Crippen LogP contribution is 2.28. The first kappa shape index (κ1) is 9.73. The van der Waals surface area contributed by atoms with Crippen LogP contribution in [0.4, 0.5) is 0 Å². The molecule has 0 bridgehead atoms. The van der Waals surface area contributed by atoms with E-state index in [0.717, 1.165) is 9.71 Å². The van der Waals surface area contributed by atoms with E-state index in [-0.39, 0.29) is 12.6 Å². The lowest BCUT2D eigenvalue weighted by Gasteiger charge is -2.24. The first-order valence-corrected chi connectivity index (χ1v) is 5.60. The molecule has 1 aliphatic rings. The van der Waals surface area contributed by atoms with E-state index in [2.05, 4.69) is 16.6 Å². The maximum absolute atomic E-state index is 11.5. The summed E-state index contributed by atoms with van der Waals surface area (Å²) in [5.41, 5.74) is 0.373. The molecule has 14 heavy (non-hydrogen) atoms. The minimum absolute atomic E-state index is 0.0339. The molecule has 2 heterocycles. The summed E-state index contributed by atoms with van der Waals surface area (Å²) in [5, 5.41) is 0. The molecular weight excluding hydrogens is 219 g/mol. The number of aromatic nitrogens is 1. The number of nitrogens with zero attached hydrogens (tertiary/aromatic N) is 2. The summed E-state index contributed by atoms with van der Waals surface area (Å²) in [6.45, 7) is 0.0339. The lowest BCUT2D eigenvalue weighted by molar-refractivity contribution is 0.0712. The molecule has 0 saturated carbocycles. The molecule has 1 aromatic rings. The maximum Gasteiger partial charge on any atom is 0.249 e. The number of fused-ring (bicyclic) bond motifs is 1. The SMILES string of the molecule is [B]N1COc2ncc(SS)cc2C1=O. The summed E-state index contributed by atoms with van der Waals surface area (Å²) in [6, 6.07) is 1.65. The van der Waals surface area contributed by atoms with Crippen molar-refractivity contribution >= 4 is 36.3 Å². The Morgan fingerprint density at radius 2 is 2.50 bits per heavy atom.